The fraction of sp³-hybridized carbons (Fsp3) is 0.714. The standard InChI is InChI=1S/C21H27ClO5/c1-12-4-9-17-13(2)18(23-15-7-5-14(22)6-8-15)24-19-21(17)16(12)10-11-20(3,25-19)26-27-21/h5-8,12-13,16-19H,4,9-11H2,1-3H3/t12-,13-,16?,17+,18+,19-,20-,21-/m1/s1. The van der Waals surface area contributed by atoms with Crippen LogP contribution in [0.15, 0.2) is 24.3 Å². The van der Waals surface area contributed by atoms with Gasteiger partial charge in [0.2, 0.25) is 12.1 Å². The number of hydrogen-bond acceptors (Lipinski definition) is 5. The molecular formula is C21H27ClO5. The van der Waals surface area contributed by atoms with Crippen LogP contribution in [0.4, 0.5) is 0 Å². The largest absolute Gasteiger partial charge is 0.465 e. The van der Waals surface area contributed by atoms with Gasteiger partial charge in [-0.05, 0) is 62.3 Å². The maximum Gasteiger partial charge on any atom is 0.205 e. The third-order valence-corrected chi connectivity index (χ3v) is 7.41. The second kappa shape index (κ2) is 6.33. The molecule has 1 spiro atoms. The van der Waals surface area contributed by atoms with Crippen molar-refractivity contribution >= 4 is 11.6 Å². The van der Waals surface area contributed by atoms with Gasteiger partial charge in [0.05, 0.1) is 0 Å². The van der Waals surface area contributed by atoms with Gasteiger partial charge in [0.15, 0.2) is 11.9 Å². The Morgan fingerprint density at radius 1 is 1.04 bits per heavy atom. The molecule has 6 heteroatoms. The summed E-state index contributed by atoms with van der Waals surface area (Å²) in [4.78, 5) is 12.0. The summed E-state index contributed by atoms with van der Waals surface area (Å²) in [7, 11) is 0. The predicted molar refractivity (Wildman–Crippen MR) is 98.9 cm³/mol. The van der Waals surface area contributed by atoms with Gasteiger partial charge in [0.25, 0.3) is 0 Å². The van der Waals surface area contributed by atoms with Crippen molar-refractivity contribution in [3.05, 3.63) is 29.3 Å². The molecule has 0 amide bonds. The Bertz CT molecular complexity index is 711. The molecule has 27 heavy (non-hydrogen) atoms. The smallest absolute Gasteiger partial charge is 0.205 e. The zero-order valence-corrected chi connectivity index (χ0v) is 16.8. The van der Waals surface area contributed by atoms with Crippen molar-refractivity contribution in [3.63, 3.8) is 0 Å². The number of fused-ring (bicyclic) bond motifs is 2. The molecule has 4 saturated heterocycles. The summed E-state index contributed by atoms with van der Waals surface area (Å²) in [5.41, 5.74) is -0.549. The van der Waals surface area contributed by atoms with Gasteiger partial charge in [-0.15, -0.1) is 0 Å². The molecule has 2 bridgehead atoms. The summed E-state index contributed by atoms with van der Waals surface area (Å²) in [6, 6.07) is 7.39. The third kappa shape index (κ3) is 2.74. The zero-order valence-electron chi connectivity index (χ0n) is 16.0. The molecule has 1 saturated carbocycles. The molecule has 148 valence electrons. The minimum absolute atomic E-state index is 0.154. The monoisotopic (exact) mass is 394 g/mol. The number of rotatable bonds is 2. The first-order chi connectivity index (χ1) is 12.9. The van der Waals surface area contributed by atoms with Crippen molar-refractivity contribution in [1.82, 2.24) is 0 Å². The third-order valence-electron chi connectivity index (χ3n) is 7.16. The Hall–Kier alpha value is -0.850. The van der Waals surface area contributed by atoms with E-state index in [-0.39, 0.29) is 11.8 Å². The highest BCUT2D eigenvalue weighted by Crippen LogP contribution is 2.60. The average Bonchev–Trinajstić information content (AvgIpc) is 2.87. The summed E-state index contributed by atoms with van der Waals surface area (Å²) in [6.07, 6.45) is 3.21. The first-order valence-corrected chi connectivity index (χ1v) is 10.4. The van der Waals surface area contributed by atoms with Crippen molar-refractivity contribution in [2.75, 3.05) is 0 Å². The summed E-state index contributed by atoms with van der Waals surface area (Å²) in [6.45, 7) is 6.44. The Kier molecular flexibility index (Phi) is 4.26. The van der Waals surface area contributed by atoms with Crippen molar-refractivity contribution in [2.24, 2.45) is 23.7 Å². The maximum absolute atomic E-state index is 6.41. The Morgan fingerprint density at radius 3 is 2.59 bits per heavy atom. The Labute approximate surface area is 165 Å². The molecule has 5 fully saturated rings. The van der Waals surface area contributed by atoms with Crippen LogP contribution in [0.25, 0.3) is 0 Å². The molecule has 5 aliphatic rings. The molecule has 0 radical (unpaired) electrons. The van der Waals surface area contributed by atoms with E-state index in [9.17, 15) is 0 Å². The van der Waals surface area contributed by atoms with Crippen LogP contribution in [-0.4, -0.2) is 24.0 Å². The Morgan fingerprint density at radius 2 is 1.81 bits per heavy atom. The minimum atomic E-state index is -0.761. The molecule has 1 aromatic carbocycles. The van der Waals surface area contributed by atoms with E-state index < -0.39 is 24.0 Å². The fourth-order valence-electron chi connectivity index (χ4n) is 5.65. The first kappa shape index (κ1) is 18.2. The molecule has 4 heterocycles. The molecule has 5 nitrogen and oxygen atoms in total. The van der Waals surface area contributed by atoms with Crippen LogP contribution >= 0.6 is 11.6 Å². The lowest BCUT2D eigenvalue weighted by molar-refractivity contribution is -0.575. The van der Waals surface area contributed by atoms with Crippen molar-refractivity contribution in [2.45, 2.75) is 70.4 Å². The van der Waals surface area contributed by atoms with Crippen LogP contribution < -0.4 is 4.74 Å². The van der Waals surface area contributed by atoms with E-state index in [0.717, 1.165) is 25.0 Å². The lowest BCUT2D eigenvalue weighted by atomic mass is 9.58. The molecule has 0 N–H and O–H groups in total. The van der Waals surface area contributed by atoms with Gasteiger partial charge in [0.1, 0.15) is 5.75 Å². The van der Waals surface area contributed by atoms with Crippen LogP contribution in [0, 0.1) is 23.7 Å². The Balaban J connectivity index is 1.48. The van der Waals surface area contributed by atoms with E-state index in [1.165, 1.54) is 6.42 Å². The normalized spacial score (nSPS) is 48.6. The number of benzene rings is 1. The van der Waals surface area contributed by atoms with E-state index >= 15 is 0 Å². The molecule has 0 aromatic heterocycles. The van der Waals surface area contributed by atoms with Crippen LogP contribution in [0.5, 0.6) is 5.75 Å². The van der Waals surface area contributed by atoms with Gasteiger partial charge in [-0.2, -0.15) is 0 Å². The van der Waals surface area contributed by atoms with Crippen molar-refractivity contribution in [3.8, 4) is 5.75 Å². The second-order valence-electron chi connectivity index (χ2n) is 8.85. The highest BCUT2D eigenvalue weighted by molar-refractivity contribution is 6.30. The van der Waals surface area contributed by atoms with E-state index in [4.69, 9.17) is 35.6 Å². The van der Waals surface area contributed by atoms with Crippen LogP contribution in [0.1, 0.15) is 46.5 Å². The minimum Gasteiger partial charge on any atom is -0.465 e. The highest BCUT2D eigenvalue weighted by Gasteiger charge is 2.69. The van der Waals surface area contributed by atoms with Gasteiger partial charge in [-0.1, -0.05) is 25.4 Å². The van der Waals surface area contributed by atoms with Crippen molar-refractivity contribution in [1.29, 1.82) is 0 Å². The van der Waals surface area contributed by atoms with Gasteiger partial charge in [-0.3, -0.25) is 0 Å². The summed E-state index contributed by atoms with van der Waals surface area (Å²) in [5, 5.41) is 0.686. The summed E-state index contributed by atoms with van der Waals surface area (Å²) in [5.74, 6) is 1.32. The molecule has 4 aliphatic heterocycles. The molecular weight excluding hydrogens is 368 g/mol. The number of ether oxygens (including phenoxy) is 3. The van der Waals surface area contributed by atoms with Crippen LogP contribution in [0.2, 0.25) is 5.02 Å². The maximum atomic E-state index is 6.41. The molecule has 1 aromatic rings. The fourth-order valence-corrected chi connectivity index (χ4v) is 5.78. The quantitative estimate of drug-likeness (QED) is 0.666. The second-order valence-corrected chi connectivity index (χ2v) is 9.28. The number of halogens is 1. The summed E-state index contributed by atoms with van der Waals surface area (Å²) < 4.78 is 19.0. The topological polar surface area (TPSA) is 46.2 Å². The molecule has 8 atom stereocenters. The van der Waals surface area contributed by atoms with Crippen molar-refractivity contribution < 1.29 is 24.0 Å². The summed E-state index contributed by atoms with van der Waals surface area (Å²) >= 11 is 6.00. The lowest BCUT2D eigenvalue weighted by Crippen LogP contribution is -2.70. The van der Waals surface area contributed by atoms with Gasteiger partial charge in [-0.25, -0.2) is 9.78 Å². The van der Waals surface area contributed by atoms with Gasteiger partial charge >= 0.3 is 0 Å². The SMILES string of the molecule is C[C@H]1[C@@H](Oc2ccc(Cl)cc2)O[C@@H]2O[C@@]3(C)CCC4[C@H](C)CC[C@@H]1[C@]42OO3. The molecule has 6 rings (SSSR count). The number of hydrogen-bond donors (Lipinski definition) is 0. The first-order valence-electron chi connectivity index (χ1n) is 10.0. The van der Waals surface area contributed by atoms with Crippen LogP contribution in [-0.2, 0) is 19.2 Å². The predicted octanol–water partition coefficient (Wildman–Crippen LogP) is 4.93. The van der Waals surface area contributed by atoms with E-state index in [2.05, 4.69) is 13.8 Å². The molecule has 1 unspecified atom stereocenters. The van der Waals surface area contributed by atoms with Gasteiger partial charge < -0.3 is 14.2 Å². The zero-order chi connectivity index (χ0) is 18.8. The average molecular weight is 395 g/mol. The highest BCUT2D eigenvalue weighted by atomic mass is 35.5. The van der Waals surface area contributed by atoms with Gasteiger partial charge in [0, 0.05) is 23.3 Å². The molecule has 1 aliphatic carbocycles. The van der Waals surface area contributed by atoms with E-state index in [1.54, 1.807) is 0 Å². The lowest BCUT2D eigenvalue weighted by Gasteiger charge is -2.60. The van der Waals surface area contributed by atoms with E-state index in [0.29, 0.717) is 16.9 Å². The van der Waals surface area contributed by atoms with Crippen LogP contribution in [0.3, 0.4) is 0 Å². The van der Waals surface area contributed by atoms with E-state index in [1.807, 2.05) is 31.2 Å².